The Kier molecular flexibility index (Phi) is 6.95. The van der Waals surface area contributed by atoms with Crippen LogP contribution >= 0.6 is 0 Å². The predicted molar refractivity (Wildman–Crippen MR) is 94.0 cm³/mol. The maximum atomic E-state index is 12.8. The van der Waals surface area contributed by atoms with Gasteiger partial charge in [-0.2, -0.15) is 4.31 Å². The van der Waals surface area contributed by atoms with Crippen LogP contribution < -0.4 is 10.1 Å². The van der Waals surface area contributed by atoms with E-state index < -0.39 is 15.9 Å². The van der Waals surface area contributed by atoms with Crippen molar-refractivity contribution in [2.45, 2.75) is 18.7 Å². The van der Waals surface area contributed by atoms with E-state index >= 15 is 0 Å². The molecule has 1 aromatic rings. The van der Waals surface area contributed by atoms with E-state index in [2.05, 4.69) is 5.32 Å². The number of nitrogens with one attached hydrogen (secondary N) is 1. The smallest absolute Gasteiger partial charge is 0.243 e. The summed E-state index contributed by atoms with van der Waals surface area (Å²) in [6.45, 7) is 2.78. The number of carbonyl (C=O) groups excluding carboxylic acids is 2. The zero-order valence-corrected chi connectivity index (χ0v) is 16.2. The molecule has 1 aromatic carbocycles. The number of methoxy groups -OCH3 is 1. The number of hydrogen-bond donors (Lipinski definition) is 1. The van der Waals surface area contributed by atoms with Gasteiger partial charge in [-0.25, -0.2) is 8.42 Å². The average molecular weight is 371 g/mol. The zero-order chi connectivity index (χ0) is 19.4. The van der Waals surface area contributed by atoms with Gasteiger partial charge in [0.2, 0.25) is 21.8 Å². The topological polar surface area (TPSA) is 96.0 Å². The number of ether oxygens (including phenoxy) is 1. The quantitative estimate of drug-likeness (QED) is 0.735. The van der Waals surface area contributed by atoms with Crippen LogP contribution in [0.2, 0.25) is 0 Å². The molecule has 0 unspecified atom stereocenters. The normalized spacial score (nSPS) is 11.3. The third-order valence-electron chi connectivity index (χ3n) is 3.64. The van der Waals surface area contributed by atoms with Gasteiger partial charge in [0.05, 0.1) is 25.1 Å². The van der Waals surface area contributed by atoms with Gasteiger partial charge < -0.3 is 15.0 Å². The lowest BCUT2D eigenvalue weighted by Gasteiger charge is -2.20. The zero-order valence-electron chi connectivity index (χ0n) is 15.4. The minimum atomic E-state index is -3.85. The molecule has 1 N–H and O–H groups in total. The molecule has 0 aliphatic carbocycles. The second-order valence-corrected chi connectivity index (χ2v) is 7.90. The van der Waals surface area contributed by atoms with Crippen molar-refractivity contribution in [1.29, 1.82) is 0 Å². The number of carbonyl (C=O) groups is 2. The van der Waals surface area contributed by atoms with Crippen molar-refractivity contribution in [3.8, 4) is 5.75 Å². The molecule has 2 amide bonds. The summed E-state index contributed by atoms with van der Waals surface area (Å²) in [6.07, 6.45) is 0. The number of hydrogen-bond acceptors (Lipinski definition) is 5. The molecule has 1 rings (SSSR count). The van der Waals surface area contributed by atoms with E-state index in [1.165, 1.54) is 19.1 Å². The minimum absolute atomic E-state index is 0.146. The fourth-order valence-corrected chi connectivity index (χ4v) is 3.80. The number of rotatable bonds is 7. The van der Waals surface area contributed by atoms with Crippen LogP contribution in [0, 0.1) is 13.8 Å². The molecule has 25 heavy (non-hydrogen) atoms. The summed E-state index contributed by atoms with van der Waals surface area (Å²) in [5.41, 5.74) is 1.07. The Balaban J connectivity index is 2.92. The number of benzene rings is 1. The SMILES string of the molecule is COc1cc(C)c(S(=O)(=O)N(C)CC(=O)NCC(=O)N(C)C)c(C)c1. The van der Waals surface area contributed by atoms with Gasteiger partial charge in [-0.3, -0.25) is 9.59 Å². The summed E-state index contributed by atoms with van der Waals surface area (Å²) in [4.78, 5) is 24.9. The molecular formula is C16H25N3O5S. The number of nitrogens with zero attached hydrogens (tertiary/aromatic N) is 2. The van der Waals surface area contributed by atoms with Crippen LogP contribution in [0.15, 0.2) is 17.0 Å². The van der Waals surface area contributed by atoms with E-state index in [1.54, 1.807) is 40.1 Å². The highest BCUT2D eigenvalue weighted by Gasteiger charge is 2.27. The molecule has 0 saturated heterocycles. The van der Waals surface area contributed by atoms with Crippen LogP contribution in [0.3, 0.4) is 0 Å². The first kappa shape index (κ1) is 20.9. The highest BCUT2D eigenvalue weighted by molar-refractivity contribution is 7.89. The first-order valence-corrected chi connectivity index (χ1v) is 9.03. The monoisotopic (exact) mass is 371 g/mol. The van der Waals surface area contributed by atoms with Crippen LogP contribution in [0.25, 0.3) is 0 Å². The molecule has 0 aromatic heterocycles. The number of amides is 2. The molecule has 0 bridgehead atoms. The van der Waals surface area contributed by atoms with Gasteiger partial charge in [0, 0.05) is 21.1 Å². The van der Waals surface area contributed by atoms with Crippen LogP contribution in [-0.4, -0.2) is 70.8 Å². The molecular weight excluding hydrogens is 346 g/mol. The third-order valence-corrected chi connectivity index (χ3v) is 5.75. The molecule has 140 valence electrons. The maximum absolute atomic E-state index is 12.8. The van der Waals surface area contributed by atoms with Crippen molar-refractivity contribution < 1.29 is 22.7 Å². The lowest BCUT2D eigenvalue weighted by atomic mass is 10.1. The second-order valence-electron chi connectivity index (χ2n) is 5.92. The molecule has 0 saturated carbocycles. The van der Waals surface area contributed by atoms with Gasteiger partial charge >= 0.3 is 0 Å². The van der Waals surface area contributed by atoms with Crippen LogP contribution in [0.1, 0.15) is 11.1 Å². The molecule has 0 aliphatic rings. The number of sulfonamides is 1. The van der Waals surface area contributed by atoms with Crippen LogP contribution in [-0.2, 0) is 19.6 Å². The minimum Gasteiger partial charge on any atom is -0.497 e. The van der Waals surface area contributed by atoms with Crippen molar-refractivity contribution in [3.63, 3.8) is 0 Å². The lowest BCUT2D eigenvalue weighted by molar-refractivity contribution is -0.130. The second kappa shape index (κ2) is 8.30. The highest BCUT2D eigenvalue weighted by atomic mass is 32.2. The highest BCUT2D eigenvalue weighted by Crippen LogP contribution is 2.27. The molecule has 0 atom stereocenters. The van der Waals surface area contributed by atoms with E-state index in [1.807, 2.05) is 0 Å². The van der Waals surface area contributed by atoms with Gasteiger partial charge in [-0.1, -0.05) is 0 Å². The first-order valence-electron chi connectivity index (χ1n) is 7.59. The standard InChI is InChI=1S/C16H25N3O5S/c1-11-7-13(24-6)8-12(2)16(11)25(22,23)19(5)10-14(20)17-9-15(21)18(3)4/h7-8H,9-10H2,1-6H3,(H,17,20). The summed E-state index contributed by atoms with van der Waals surface area (Å²) in [5, 5.41) is 2.41. The molecule has 0 fully saturated rings. The van der Waals surface area contributed by atoms with Crippen LogP contribution in [0.4, 0.5) is 0 Å². The largest absolute Gasteiger partial charge is 0.497 e. The van der Waals surface area contributed by atoms with Crippen molar-refractivity contribution in [3.05, 3.63) is 23.3 Å². The van der Waals surface area contributed by atoms with Gasteiger partial charge in [0.1, 0.15) is 5.75 Å². The molecule has 0 radical (unpaired) electrons. The summed E-state index contributed by atoms with van der Waals surface area (Å²) in [6, 6.07) is 3.26. The lowest BCUT2D eigenvalue weighted by Crippen LogP contribution is -2.42. The fraction of sp³-hybridized carbons (Fsp3) is 0.500. The summed E-state index contributed by atoms with van der Waals surface area (Å²) >= 11 is 0. The Morgan fingerprint density at radius 2 is 1.64 bits per heavy atom. The van der Waals surface area contributed by atoms with Crippen LogP contribution in [0.5, 0.6) is 5.75 Å². The number of aryl methyl sites for hydroxylation is 2. The van der Waals surface area contributed by atoms with Gasteiger partial charge in [-0.15, -0.1) is 0 Å². The Bertz CT molecular complexity index is 736. The van der Waals surface area contributed by atoms with Crippen molar-refractivity contribution >= 4 is 21.8 Å². The van der Waals surface area contributed by atoms with Gasteiger partial charge in [-0.05, 0) is 37.1 Å². The Labute approximate surface area is 148 Å². The van der Waals surface area contributed by atoms with Crippen molar-refractivity contribution in [1.82, 2.24) is 14.5 Å². The Hall–Kier alpha value is -2.13. The molecule has 0 spiro atoms. The van der Waals surface area contributed by atoms with Gasteiger partial charge in [0.15, 0.2) is 0 Å². The first-order chi connectivity index (χ1) is 11.5. The summed E-state index contributed by atoms with van der Waals surface area (Å²) in [5.74, 6) is -0.262. The van der Waals surface area contributed by atoms with E-state index in [4.69, 9.17) is 4.74 Å². The average Bonchev–Trinajstić information content (AvgIpc) is 2.51. The Morgan fingerprint density at radius 3 is 2.08 bits per heavy atom. The van der Waals surface area contributed by atoms with Gasteiger partial charge in [0.25, 0.3) is 0 Å². The predicted octanol–water partition coefficient (Wildman–Crippen LogP) is 0.137. The van der Waals surface area contributed by atoms with E-state index in [0.29, 0.717) is 16.9 Å². The summed E-state index contributed by atoms with van der Waals surface area (Å²) < 4.78 is 31.7. The van der Waals surface area contributed by atoms with E-state index in [9.17, 15) is 18.0 Å². The molecule has 0 heterocycles. The fourth-order valence-electron chi connectivity index (χ4n) is 2.27. The molecule has 0 aliphatic heterocycles. The maximum Gasteiger partial charge on any atom is 0.243 e. The van der Waals surface area contributed by atoms with E-state index in [0.717, 1.165) is 4.31 Å². The third kappa shape index (κ3) is 5.17. The number of likely N-dealkylation sites (N-methyl/N-ethyl adjacent to an activating group) is 2. The molecule has 8 nitrogen and oxygen atoms in total. The van der Waals surface area contributed by atoms with Crippen molar-refractivity contribution in [2.24, 2.45) is 0 Å². The van der Waals surface area contributed by atoms with E-state index in [-0.39, 0.29) is 23.9 Å². The summed E-state index contributed by atoms with van der Waals surface area (Å²) in [7, 11) is 2.12. The van der Waals surface area contributed by atoms with Crippen molar-refractivity contribution in [2.75, 3.05) is 41.3 Å². The molecule has 9 heteroatoms. The Morgan fingerprint density at radius 1 is 1.12 bits per heavy atom.